The Bertz CT molecular complexity index is 1480. The summed E-state index contributed by atoms with van der Waals surface area (Å²) in [6.07, 6.45) is 7.89. The first-order valence-corrected chi connectivity index (χ1v) is 16.8. The average molecular weight is 705 g/mol. The van der Waals surface area contributed by atoms with Gasteiger partial charge in [-0.3, -0.25) is 15.0 Å². The Morgan fingerprint density at radius 2 is 1.86 bits per heavy atom. The van der Waals surface area contributed by atoms with Gasteiger partial charge in [-0.2, -0.15) is 5.53 Å². The van der Waals surface area contributed by atoms with Gasteiger partial charge in [0.15, 0.2) is 0 Å². The summed E-state index contributed by atoms with van der Waals surface area (Å²) in [5, 5.41) is 20.1. The third kappa shape index (κ3) is 10.5. The van der Waals surface area contributed by atoms with E-state index in [9.17, 15) is 8.78 Å². The molecule has 1 aromatic carbocycles. The Morgan fingerprint density at radius 3 is 2.55 bits per heavy atom. The third-order valence-electron chi connectivity index (χ3n) is 8.43. The van der Waals surface area contributed by atoms with Crippen molar-refractivity contribution >= 4 is 29.6 Å². The molecule has 0 bridgehead atoms. The van der Waals surface area contributed by atoms with E-state index < -0.39 is 19.1 Å². The lowest BCUT2D eigenvalue weighted by Crippen LogP contribution is -2.45. The first-order valence-electron chi connectivity index (χ1n) is 16.4. The van der Waals surface area contributed by atoms with Crippen molar-refractivity contribution in [2.75, 3.05) is 58.0 Å². The van der Waals surface area contributed by atoms with Crippen LogP contribution in [-0.4, -0.2) is 107 Å². The minimum absolute atomic E-state index is 0.156. The van der Waals surface area contributed by atoms with Crippen LogP contribution in [0.2, 0.25) is 5.02 Å². The van der Waals surface area contributed by atoms with Crippen LogP contribution >= 0.6 is 11.6 Å². The van der Waals surface area contributed by atoms with Crippen molar-refractivity contribution in [1.82, 2.24) is 29.7 Å². The molecule has 266 valence electrons. The van der Waals surface area contributed by atoms with Crippen LogP contribution in [0.15, 0.2) is 42.0 Å². The Kier molecular flexibility index (Phi) is 13.4. The van der Waals surface area contributed by atoms with Gasteiger partial charge in [0.05, 0.1) is 50.2 Å². The van der Waals surface area contributed by atoms with Gasteiger partial charge in [0.1, 0.15) is 30.5 Å². The third-order valence-corrected chi connectivity index (χ3v) is 8.74. The number of aromatic nitrogens is 4. The molecule has 1 aliphatic heterocycles. The molecule has 0 unspecified atom stereocenters. The van der Waals surface area contributed by atoms with Crippen molar-refractivity contribution in [3.63, 3.8) is 0 Å². The van der Waals surface area contributed by atoms with Crippen LogP contribution in [-0.2, 0) is 9.47 Å². The van der Waals surface area contributed by atoms with Crippen molar-refractivity contribution < 1.29 is 27.7 Å². The number of ether oxygens (including phenoxy) is 4. The summed E-state index contributed by atoms with van der Waals surface area (Å²) in [7, 11) is 0. The molecule has 3 heterocycles. The number of morpholine rings is 1. The van der Waals surface area contributed by atoms with Crippen molar-refractivity contribution in [2.45, 2.75) is 63.6 Å². The van der Waals surface area contributed by atoms with E-state index in [4.69, 9.17) is 46.6 Å². The van der Waals surface area contributed by atoms with E-state index in [2.05, 4.69) is 25.4 Å². The van der Waals surface area contributed by atoms with Gasteiger partial charge in [0, 0.05) is 43.5 Å². The summed E-state index contributed by atoms with van der Waals surface area (Å²) in [4.78, 5) is 11.6. The van der Waals surface area contributed by atoms with Crippen molar-refractivity contribution in [3.8, 4) is 22.8 Å². The summed E-state index contributed by atoms with van der Waals surface area (Å²) in [5.41, 5.74) is 9.25. The first-order chi connectivity index (χ1) is 23.8. The van der Waals surface area contributed by atoms with Gasteiger partial charge in [-0.15, -0.1) is 5.10 Å². The highest BCUT2D eigenvalue weighted by Gasteiger charge is 2.29. The molecule has 2 fully saturated rings. The van der Waals surface area contributed by atoms with E-state index in [0.29, 0.717) is 40.8 Å². The SMILES string of the molecule is C[C@@H](CN(C=N)N=N)Oc1cc(-c2cnc(Nc3cn(C4CCC(N5CCOCC5)CC4)nc3OCCCOCC(F)F)nc2)ccc1Cl. The topological polar surface area (TPSA) is 159 Å². The predicted molar refractivity (Wildman–Crippen MR) is 179 cm³/mol. The van der Waals surface area contributed by atoms with E-state index in [1.54, 1.807) is 31.5 Å². The highest BCUT2D eigenvalue weighted by molar-refractivity contribution is 6.32. The summed E-state index contributed by atoms with van der Waals surface area (Å²) in [6.45, 7) is 5.34. The van der Waals surface area contributed by atoms with E-state index in [-0.39, 0.29) is 25.8 Å². The minimum atomic E-state index is -2.50. The predicted octanol–water partition coefficient (Wildman–Crippen LogP) is 6.23. The average Bonchev–Trinajstić information content (AvgIpc) is 3.52. The molecule has 1 aliphatic carbocycles. The molecule has 3 N–H and O–H groups in total. The molecule has 2 aliphatic rings. The maximum atomic E-state index is 12.4. The van der Waals surface area contributed by atoms with Crippen LogP contribution in [0.4, 0.5) is 20.4 Å². The van der Waals surface area contributed by atoms with E-state index in [1.165, 1.54) is 0 Å². The second-order valence-electron chi connectivity index (χ2n) is 12.0. The second kappa shape index (κ2) is 18.1. The number of benzene rings is 1. The fraction of sp³-hybridized carbons (Fsp3) is 0.562. The van der Waals surface area contributed by atoms with Gasteiger partial charge < -0.3 is 24.3 Å². The fourth-order valence-corrected chi connectivity index (χ4v) is 6.12. The molecule has 1 saturated carbocycles. The number of anilines is 2. The minimum Gasteiger partial charge on any atom is -0.487 e. The number of halogens is 3. The van der Waals surface area contributed by atoms with Crippen LogP contribution in [0.1, 0.15) is 45.1 Å². The number of nitrogens with one attached hydrogen (secondary N) is 3. The zero-order valence-corrected chi connectivity index (χ0v) is 28.2. The quantitative estimate of drug-likeness (QED) is 0.0456. The maximum absolute atomic E-state index is 12.4. The molecule has 17 heteroatoms. The number of nitrogens with zero attached hydrogens (tertiary/aromatic N) is 7. The zero-order chi connectivity index (χ0) is 34.6. The maximum Gasteiger partial charge on any atom is 0.261 e. The van der Waals surface area contributed by atoms with Gasteiger partial charge in [0.2, 0.25) is 5.95 Å². The summed E-state index contributed by atoms with van der Waals surface area (Å²) >= 11 is 6.39. The van der Waals surface area contributed by atoms with Crippen molar-refractivity contribution in [2.24, 2.45) is 5.22 Å². The van der Waals surface area contributed by atoms with Gasteiger partial charge >= 0.3 is 0 Å². The molecular formula is C32H43ClF2N10O4. The lowest BCUT2D eigenvalue weighted by atomic mass is 9.90. The summed E-state index contributed by atoms with van der Waals surface area (Å²) < 4.78 is 49.2. The summed E-state index contributed by atoms with van der Waals surface area (Å²) in [5.74, 6) is 1.16. The van der Waals surface area contributed by atoms with Gasteiger partial charge in [-0.1, -0.05) is 22.9 Å². The number of hydrogen-bond donors (Lipinski definition) is 3. The van der Waals surface area contributed by atoms with Crippen LogP contribution in [0.25, 0.3) is 11.1 Å². The Hall–Kier alpha value is -3.99. The molecule has 0 amide bonds. The van der Waals surface area contributed by atoms with Gasteiger partial charge in [0.25, 0.3) is 12.3 Å². The highest BCUT2D eigenvalue weighted by atomic mass is 35.5. The summed E-state index contributed by atoms with van der Waals surface area (Å²) in [6, 6.07) is 6.11. The smallest absolute Gasteiger partial charge is 0.261 e. The van der Waals surface area contributed by atoms with Crippen molar-refractivity contribution in [1.29, 1.82) is 10.9 Å². The van der Waals surface area contributed by atoms with Crippen LogP contribution < -0.4 is 14.8 Å². The molecule has 0 spiro atoms. The van der Waals surface area contributed by atoms with Gasteiger partial charge in [-0.05, 0) is 50.3 Å². The monoisotopic (exact) mass is 704 g/mol. The Morgan fingerprint density at radius 1 is 1.12 bits per heavy atom. The Labute approximate surface area is 289 Å². The molecule has 49 heavy (non-hydrogen) atoms. The molecule has 2 aromatic heterocycles. The first kappa shape index (κ1) is 36.3. The number of rotatable bonds is 18. The normalized spacial score (nSPS) is 19.0. The largest absolute Gasteiger partial charge is 0.487 e. The molecule has 0 radical (unpaired) electrons. The van der Waals surface area contributed by atoms with Crippen molar-refractivity contribution in [3.05, 3.63) is 41.8 Å². The van der Waals surface area contributed by atoms with Crippen LogP contribution in [0, 0.1) is 10.9 Å². The standard InChI is InChI=1S/C32H43ClF2N10O4/c1-22(18-44(21-36)42-37)49-29-15-23(3-8-27(29)33)24-16-38-32(39-17-24)40-28-19-45(41-31(28)48-12-2-11-47-20-30(34)35)26-6-4-25(5-7-26)43-9-13-46-14-10-43/h3,8,15-17,19,21-22,25-26,30,36-37H,2,4-7,9-14,18,20H2,1H3,(H,38,39,40)/t22-,25?,26?/m0/s1. The molecule has 14 nitrogen and oxygen atoms in total. The number of hydrogen-bond acceptors (Lipinski definition) is 12. The molecule has 1 atom stereocenters. The molecule has 1 saturated heterocycles. The number of alkyl halides is 2. The molecule has 3 aromatic rings. The van der Waals surface area contributed by atoms with Crippen LogP contribution in [0.3, 0.4) is 0 Å². The van der Waals surface area contributed by atoms with Crippen LogP contribution in [0.5, 0.6) is 11.6 Å². The van der Waals surface area contributed by atoms with Gasteiger partial charge in [-0.25, -0.2) is 23.8 Å². The zero-order valence-electron chi connectivity index (χ0n) is 27.4. The lowest BCUT2D eigenvalue weighted by molar-refractivity contribution is 0.00501. The van der Waals surface area contributed by atoms with E-state index >= 15 is 0 Å². The molecular weight excluding hydrogens is 662 g/mol. The molecule has 5 rings (SSSR count). The Balaban J connectivity index is 1.25. The highest BCUT2D eigenvalue weighted by Crippen LogP contribution is 2.35. The lowest BCUT2D eigenvalue weighted by Gasteiger charge is -2.38. The fourth-order valence-electron chi connectivity index (χ4n) is 5.96. The van der Waals surface area contributed by atoms with E-state index in [1.807, 2.05) is 16.9 Å². The second-order valence-corrected chi connectivity index (χ2v) is 12.4. The van der Waals surface area contributed by atoms with E-state index in [0.717, 1.165) is 74.5 Å².